The highest BCUT2D eigenvalue weighted by atomic mass is 35.5. The van der Waals surface area contributed by atoms with Crippen LogP contribution in [0.15, 0.2) is 52.4 Å². The normalized spacial score (nSPS) is 12.6. The van der Waals surface area contributed by atoms with Gasteiger partial charge in [0.1, 0.15) is 0 Å². The molecule has 0 saturated carbocycles. The summed E-state index contributed by atoms with van der Waals surface area (Å²) in [6, 6.07) is 12.0. The Kier molecular flexibility index (Phi) is 5.83. The molecule has 2 aromatic carbocycles. The van der Waals surface area contributed by atoms with Crippen LogP contribution >= 0.6 is 22.9 Å². The predicted molar refractivity (Wildman–Crippen MR) is 109 cm³/mol. The molecule has 142 valence electrons. The van der Waals surface area contributed by atoms with E-state index < -0.39 is 9.84 Å². The number of sulfone groups is 1. The van der Waals surface area contributed by atoms with Crippen LogP contribution in [-0.2, 0) is 27.6 Å². The second kappa shape index (κ2) is 7.96. The van der Waals surface area contributed by atoms with E-state index in [9.17, 15) is 13.2 Å². The second-order valence-corrected chi connectivity index (χ2v) is 9.69. The molecule has 0 aliphatic rings. The SMILES string of the molecule is CCn1c(=NC(=O)Cc2ccc(S(=O)(=O)CC)cc2)sc2cc(Cl)ccc21. The molecule has 0 atom stereocenters. The Balaban J connectivity index is 1.88. The minimum Gasteiger partial charge on any atom is -0.317 e. The molecule has 0 unspecified atom stereocenters. The standard InChI is InChI=1S/C19H19ClN2O3S2/c1-3-22-16-10-7-14(20)12-17(16)26-19(22)21-18(23)11-13-5-8-15(9-6-13)27(24,25)4-2/h5-10,12H,3-4,11H2,1-2H3. The third kappa shape index (κ3) is 4.31. The number of carbonyl (C=O) groups excluding carboxylic acids is 1. The summed E-state index contributed by atoms with van der Waals surface area (Å²) in [7, 11) is -3.24. The Bertz CT molecular complexity index is 1160. The number of thiazole rings is 1. The van der Waals surface area contributed by atoms with Crippen molar-refractivity contribution in [3.8, 4) is 0 Å². The van der Waals surface area contributed by atoms with Gasteiger partial charge < -0.3 is 4.57 Å². The van der Waals surface area contributed by atoms with Crippen LogP contribution in [0.5, 0.6) is 0 Å². The number of benzene rings is 2. The van der Waals surface area contributed by atoms with Crippen LogP contribution in [0, 0.1) is 0 Å². The van der Waals surface area contributed by atoms with Crippen LogP contribution in [0.4, 0.5) is 0 Å². The van der Waals surface area contributed by atoms with Gasteiger partial charge in [-0.2, -0.15) is 4.99 Å². The van der Waals surface area contributed by atoms with Gasteiger partial charge in [-0.15, -0.1) is 0 Å². The molecule has 3 aromatic rings. The molecule has 8 heteroatoms. The first-order chi connectivity index (χ1) is 12.8. The van der Waals surface area contributed by atoms with Gasteiger partial charge in [0.25, 0.3) is 5.91 Å². The molecule has 0 radical (unpaired) electrons. The zero-order valence-corrected chi connectivity index (χ0v) is 17.4. The third-order valence-electron chi connectivity index (χ3n) is 4.20. The van der Waals surface area contributed by atoms with Crippen LogP contribution < -0.4 is 4.80 Å². The molecule has 5 nitrogen and oxygen atoms in total. The fraction of sp³-hybridized carbons (Fsp3) is 0.263. The lowest BCUT2D eigenvalue weighted by Gasteiger charge is -2.03. The van der Waals surface area contributed by atoms with Gasteiger partial charge in [-0.25, -0.2) is 8.42 Å². The maximum absolute atomic E-state index is 12.4. The molecule has 1 heterocycles. The first-order valence-corrected chi connectivity index (χ1v) is 11.4. The van der Waals surface area contributed by atoms with E-state index in [1.807, 2.05) is 29.7 Å². The number of amides is 1. The van der Waals surface area contributed by atoms with Crippen LogP contribution in [0.2, 0.25) is 5.02 Å². The van der Waals surface area contributed by atoms with Gasteiger partial charge in [0.05, 0.1) is 27.3 Å². The summed E-state index contributed by atoms with van der Waals surface area (Å²) < 4.78 is 26.7. The minimum atomic E-state index is -3.24. The molecule has 0 fully saturated rings. The van der Waals surface area contributed by atoms with E-state index in [1.165, 1.54) is 23.5 Å². The highest BCUT2D eigenvalue weighted by Gasteiger charge is 2.12. The van der Waals surface area contributed by atoms with Crippen LogP contribution in [0.1, 0.15) is 19.4 Å². The first kappa shape index (κ1) is 19.8. The molecule has 1 aromatic heterocycles. The Labute approximate surface area is 166 Å². The monoisotopic (exact) mass is 422 g/mol. The first-order valence-electron chi connectivity index (χ1n) is 8.52. The lowest BCUT2D eigenvalue weighted by Crippen LogP contribution is -2.16. The fourth-order valence-electron chi connectivity index (χ4n) is 2.74. The zero-order chi connectivity index (χ0) is 19.6. The average molecular weight is 423 g/mol. The fourth-order valence-corrected chi connectivity index (χ4v) is 5.01. The lowest BCUT2D eigenvalue weighted by molar-refractivity contribution is -0.117. The Hall–Kier alpha value is -1.96. The third-order valence-corrected chi connectivity index (χ3v) is 7.23. The highest BCUT2D eigenvalue weighted by molar-refractivity contribution is 7.91. The Morgan fingerprint density at radius 3 is 2.48 bits per heavy atom. The number of aryl methyl sites for hydroxylation is 1. The van der Waals surface area contributed by atoms with Gasteiger partial charge in [0, 0.05) is 11.6 Å². The number of fused-ring (bicyclic) bond motifs is 1. The molecule has 0 aliphatic carbocycles. The van der Waals surface area contributed by atoms with E-state index in [0.29, 0.717) is 16.4 Å². The summed E-state index contributed by atoms with van der Waals surface area (Å²) >= 11 is 7.47. The van der Waals surface area contributed by atoms with Crippen molar-refractivity contribution in [1.29, 1.82) is 0 Å². The molecule has 0 bridgehead atoms. The van der Waals surface area contributed by atoms with Crippen LogP contribution in [0.25, 0.3) is 10.2 Å². The summed E-state index contributed by atoms with van der Waals surface area (Å²) in [6.45, 7) is 4.29. The molecule has 3 rings (SSSR count). The molecular formula is C19H19ClN2O3S2. The van der Waals surface area contributed by atoms with E-state index in [0.717, 1.165) is 15.8 Å². The van der Waals surface area contributed by atoms with Gasteiger partial charge >= 0.3 is 0 Å². The van der Waals surface area contributed by atoms with Gasteiger partial charge in [0.2, 0.25) is 0 Å². The number of nitrogens with zero attached hydrogens (tertiary/aromatic N) is 2. The van der Waals surface area contributed by atoms with E-state index >= 15 is 0 Å². The van der Waals surface area contributed by atoms with Crippen molar-refractivity contribution >= 4 is 48.9 Å². The number of hydrogen-bond acceptors (Lipinski definition) is 4. The van der Waals surface area contributed by atoms with E-state index in [-0.39, 0.29) is 23.0 Å². The number of aromatic nitrogens is 1. The molecule has 0 N–H and O–H groups in total. The van der Waals surface area contributed by atoms with Crippen LogP contribution in [0.3, 0.4) is 0 Å². The summed E-state index contributed by atoms with van der Waals surface area (Å²) in [4.78, 5) is 17.6. The predicted octanol–water partition coefficient (Wildman–Crippen LogP) is 3.84. The number of rotatable bonds is 5. The van der Waals surface area contributed by atoms with Crippen molar-refractivity contribution in [2.45, 2.75) is 31.7 Å². The quantitative estimate of drug-likeness (QED) is 0.627. The van der Waals surface area contributed by atoms with E-state index in [2.05, 4.69) is 4.99 Å². The second-order valence-electron chi connectivity index (χ2n) is 5.97. The Morgan fingerprint density at radius 2 is 1.85 bits per heavy atom. The zero-order valence-electron chi connectivity index (χ0n) is 15.0. The molecule has 0 spiro atoms. The summed E-state index contributed by atoms with van der Waals surface area (Å²) in [5.74, 6) is -0.228. The van der Waals surface area contributed by atoms with Crippen molar-refractivity contribution in [3.63, 3.8) is 0 Å². The van der Waals surface area contributed by atoms with E-state index in [1.54, 1.807) is 19.1 Å². The van der Waals surface area contributed by atoms with Crippen LogP contribution in [-0.4, -0.2) is 24.6 Å². The number of halogens is 1. The van der Waals surface area contributed by atoms with Crippen molar-refractivity contribution in [1.82, 2.24) is 4.57 Å². The molecule has 27 heavy (non-hydrogen) atoms. The van der Waals surface area contributed by atoms with Gasteiger partial charge in [0.15, 0.2) is 14.6 Å². The van der Waals surface area contributed by atoms with Gasteiger partial charge in [-0.3, -0.25) is 4.79 Å². The maximum atomic E-state index is 12.4. The van der Waals surface area contributed by atoms with Crippen molar-refractivity contribution in [2.24, 2.45) is 4.99 Å². The summed E-state index contributed by atoms with van der Waals surface area (Å²) in [5, 5.41) is 0.645. The molecular weight excluding hydrogens is 404 g/mol. The average Bonchev–Trinajstić information content (AvgIpc) is 2.97. The summed E-state index contributed by atoms with van der Waals surface area (Å²) in [5.41, 5.74) is 1.72. The topological polar surface area (TPSA) is 68.5 Å². The van der Waals surface area contributed by atoms with Crippen molar-refractivity contribution < 1.29 is 13.2 Å². The largest absolute Gasteiger partial charge is 0.317 e. The summed E-state index contributed by atoms with van der Waals surface area (Å²) in [6.07, 6.45) is 0.116. The van der Waals surface area contributed by atoms with Gasteiger partial charge in [-0.05, 0) is 42.8 Å². The molecule has 0 saturated heterocycles. The Morgan fingerprint density at radius 1 is 1.15 bits per heavy atom. The lowest BCUT2D eigenvalue weighted by atomic mass is 10.1. The molecule has 0 aliphatic heterocycles. The highest BCUT2D eigenvalue weighted by Crippen LogP contribution is 2.22. The van der Waals surface area contributed by atoms with Crippen molar-refractivity contribution in [2.75, 3.05) is 5.75 Å². The van der Waals surface area contributed by atoms with Gasteiger partial charge in [-0.1, -0.05) is 42.0 Å². The molecule has 1 amide bonds. The number of hydrogen-bond donors (Lipinski definition) is 0. The van der Waals surface area contributed by atoms with E-state index in [4.69, 9.17) is 11.6 Å². The maximum Gasteiger partial charge on any atom is 0.252 e. The minimum absolute atomic E-state index is 0.0492. The number of carbonyl (C=O) groups is 1. The smallest absolute Gasteiger partial charge is 0.252 e. The van der Waals surface area contributed by atoms with Crippen molar-refractivity contribution in [3.05, 3.63) is 57.9 Å².